The van der Waals surface area contributed by atoms with E-state index < -0.39 is 0 Å². The maximum atomic E-state index is 12.6. The molecule has 0 saturated heterocycles. The van der Waals surface area contributed by atoms with E-state index in [2.05, 4.69) is 45.4 Å². The molecule has 1 aliphatic carbocycles. The Morgan fingerprint density at radius 1 is 1.29 bits per heavy atom. The summed E-state index contributed by atoms with van der Waals surface area (Å²) in [5.41, 5.74) is 6.80. The Bertz CT molecular complexity index is 623. The number of carbonyl (C=O) groups excluding carboxylic acids is 1. The van der Waals surface area contributed by atoms with Gasteiger partial charge in [0.1, 0.15) is 0 Å². The lowest BCUT2D eigenvalue weighted by Gasteiger charge is -2.23. The number of esters is 1. The summed E-state index contributed by atoms with van der Waals surface area (Å²) < 4.78 is 6.44. The molecule has 0 aromatic heterocycles. The Morgan fingerprint density at radius 2 is 2.00 bits per heavy atom. The number of carbonyl (C=O) groups is 1. The molecule has 1 aliphatic heterocycles. The van der Waals surface area contributed by atoms with Gasteiger partial charge in [-0.1, -0.05) is 35.0 Å². The van der Waals surface area contributed by atoms with E-state index in [0.29, 0.717) is 12.5 Å². The SMILES string of the molecule is CCCN1NC(Cc2ccc(Br)cc2)C(C(=O)OCC)=C1C1CC1. The van der Waals surface area contributed by atoms with Crippen molar-refractivity contribution >= 4 is 21.9 Å². The van der Waals surface area contributed by atoms with Crippen LogP contribution in [0.2, 0.25) is 0 Å². The number of halogens is 1. The van der Waals surface area contributed by atoms with Crippen LogP contribution in [0.25, 0.3) is 0 Å². The Hall–Kier alpha value is -1.33. The fourth-order valence-electron chi connectivity index (χ4n) is 3.31. The van der Waals surface area contributed by atoms with Crippen LogP contribution in [0, 0.1) is 5.92 Å². The van der Waals surface area contributed by atoms with Crippen molar-refractivity contribution in [2.24, 2.45) is 5.92 Å². The highest BCUT2D eigenvalue weighted by atomic mass is 79.9. The van der Waals surface area contributed by atoms with E-state index >= 15 is 0 Å². The molecule has 1 fully saturated rings. The van der Waals surface area contributed by atoms with Crippen molar-refractivity contribution in [1.82, 2.24) is 10.4 Å². The lowest BCUT2D eigenvalue weighted by molar-refractivity contribution is -0.138. The van der Waals surface area contributed by atoms with Crippen molar-refractivity contribution in [1.29, 1.82) is 0 Å². The van der Waals surface area contributed by atoms with Gasteiger partial charge in [-0.15, -0.1) is 0 Å². The van der Waals surface area contributed by atoms with Gasteiger partial charge in [-0.25, -0.2) is 10.2 Å². The van der Waals surface area contributed by atoms with Crippen molar-refractivity contribution in [2.45, 2.75) is 45.6 Å². The number of nitrogens with one attached hydrogen (secondary N) is 1. The van der Waals surface area contributed by atoms with E-state index in [1.54, 1.807) is 0 Å². The van der Waals surface area contributed by atoms with Crippen LogP contribution >= 0.6 is 15.9 Å². The molecule has 0 spiro atoms. The van der Waals surface area contributed by atoms with Crippen LogP contribution in [0.3, 0.4) is 0 Å². The third-order valence-corrected chi connectivity index (χ3v) is 5.02. The molecule has 5 heteroatoms. The van der Waals surface area contributed by atoms with Gasteiger partial charge in [-0.3, -0.25) is 0 Å². The fourth-order valence-corrected chi connectivity index (χ4v) is 3.58. The Balaban J connectivity index is 1.88. The van der Waals surface area contributed by atoms with Crippen molar-refractivity contribution < 1.29 is 9.53 Å². The maximum absolute atomic E-state index is 12.6. The summed E-state index contributed by atoms with van der Waals surface area (Å²) in [4.78, 5) is 12.6. The first kappa shape index (κ1) is 17.5. The molecule has 1 aromatic rings. The van der Waals surface area contributed by atoms with Gasteiger partial charge < -0.3 is 9.75 Å². The smallest absolute Gasteiger partial charge is 0.337 e. The Kier molecular flexibility index (Phi) is 5.61. The molecule has 4 nitrogen and oxygen atoms in total. The second kappa shape index (κ2) is 7.70. The highest BCUT2D eigenvalue weighted by Gasteiger charge is 2.42. The minimum absolute atomic E-state index is 0.00706. The Labute approximate surface area is 152 Å². The van der Waals surface area contributed by atoms with Crippen molar-refractivity contribution in [3.63, 3.8) is 0 Å². The van der Waals surface area contributed by atoms with Crippen LogP contribution in [-0.4, -0.2) is 30.2 Å². The fraction of sp³-hybridized carbons (Fsp3) is 0.526. The van der Waals surface area contributed by atoms with E-state index in [1.165, 1.54) is 24.1 Å². The largest absolute Gasteiger partial charge is 0.463 e. The number of hydrazine groups is 1. The van der Waals surface area contributed by atoms with Gasteiger partial charge in [-0.05, 0) is 50.3 Å². The predicted molar refractivity (Wildman–Crippen MR) is 98.1 cm³/mol. The minimum atomic E-state index is -0.160. The topological polar surface area (TPSA) is 41.6 Å². The molecule has 2 aliphatic rings. The first-order valence-corrected chi connectivity index (χ1v) is 9.62. The normalized spacial score (nSPS) is 20.6. The summed E-state index contributed by atoms with van der Waals surface area (Å²) >= 11 is 3.47. The van der Waals surface area contributed by atoms with Crippen LogP contribution in [0.4, 0.5) is 0 Å². The molecule has 1 unspecified atom stereocenters. The minimum Gasteiger partial charge on any atom is -0.463 e. The number of hydrogen-bond donors (Lipinski definition) is 1. The monoisotopic (exact) mass is 392 g/mol. The molecule has 0 radical (unpaired) electrons. The molecule has 1 N–H and O–H groups in total. The zero-order valence-corrected chi connectivity index (χ0v) is 15.9. The molecule has 1 saturated carbocycles. The van der Waals surface area contributed by atoms with Crippen molar-refractivity contribution in [3.8, 4) is 0 Å². The third kappa shape index (κ3) is 3.83. The summed E-state index contributed by atoms with van der Waals surface area (Å²) in [6.45, 7) is 5.37. The van der Waals surface area contributed by atoms with Gasteiger partial charge in [0.25, 0.3) is 0 Å². The number of rotatable bonds is 7. The lowest BCUT2D eigenvalue weighted by Crippen LogP contribution is -2.40. The lowest BCUT2D eigenvalue weighted by atomic mass is 9.98. The maximum Gasteiger partial charge on any atom is 0.337 e. The predicted octanol–water partition coefficient (Wildman–Crippen LogP) is 3.82. The molecule has 1 aromatic carbocycles. The summed E-state index contributed by atoms with van der Waals surface area (Å²) in [5, 5.41) is 2.20. The van der Waals surface area contributed by atoms with Crippen LogP contribution in [0.1, 0.15) is 38.7 Å². The van der Waals surface area contributed by atoms with Gasteiger partial charge in [-0.2, -0.15) is 0 Å². The standard InChI is InChI=1S/C19H25BrN2O2/c1-3-11-22-18(14-7-8-14)17(19(23)24-4-2)16(21-22)12-13-5-9-15(20)10-6-13/h5-6,9-10,14,16,21H,3-4,7-8,11-12H2,1-2H3. The second-order valence-corrected chi connectivity index (χ2v) is 7.37. The van der Waals surface area contributed by atoms with E-state index in [0.717, 1.165) is 29.4 Å². The summed E-state index contributed by atoms with van der Waals surface area (Å²) in [6.07, 6.45) is 4.18. The quantitative estimate of drug-likeness (QED) is 0.716. The highest BCUT2D eigenvalue weighted by Crippen LogP contribution is 2.43. The van der Waals surface area contributed by atoms with E-state index in [1.807, 2.05) is 19.1 Å². The second-order valence-electron chi connectivity index (χ2n) is 6.46. The zero-order chi connectivity index (χ0) is 17.1. The third-order valence-electron chi connectivity index (χ3n) is 4.49. The first-order valence-electron chi connectivity index (χ1n) is 8.83. The molecule has 130 valence electrons. The average molecular weight is 393 g/mol. The Morgan fingerprint density at radius 3 is 2.58 bits per heavy atom. The number of benzene rings is 1. The summed E-state index contributed by atoms with van der Waals surface area (Å²) in [5.74, 6) is 0.353. The average Bonchev–Trinajstić information content (AvgIpc) is 3.33. The van der Waals surface area contributed by atoms with Gasteiger partial charge >= 0.3 is 5.97 Å². The van der Waals surface area contributed by atoms with Crippen molar-refractivity contribution in [2.75, 3.05) is 13.2 Å². The van der Waals surface area contributed by atoms with E-state index in [9.17, 15) is 4.79 Å². The van der Waals surface area contributed by atoms with Gasteiger partial charge in [0.05, 0.1) is 18.2 Å². The molecular weight excluding hydrogens is 368 g/mol. The van der Waals surface area contributed by atoms with Crippen LogP contribution in [-0.2, 0) is 16.0 Å². The molecule has 24 heavy (non-hydrogen) atoms. The first-order chi connectivity index (χ1) is 11.6. The molecular formula is C19H25BrN2O2. The molecule has 0 bridgehead atoms. The number of ether oxygens (including phenoxy) is 1. The van der Waals surface area contributed by atoms with Gasteiger partial charge in [0, 0.05) is 22.6 Å². The van der Waals surface area contributed by atoms with E-state index in [-0.39, 0.29) is 12.0 Å². The molecule has 0 amide bonds. The summed E-state index contributed by atoms with van der Waals surface area (Å²) in [6, 6.07) is 8.29. The van der Waals surface area contributed by atoms with E-state index in [4.69, 9.17) is 4.74 Å². The van der Waals surface area contributed by atoms with Crippen LogP contribution in [0.15, 0.2) is 40.0 Å². The van der Waals surface area contributed by atoms with Gasteiger partial charge in [0.2, 0.25) is 0 Å². The number of allylic oxidation sites excluding steroid dienone is 1. The number of hydrogen-bond acceptors (Lipinski definition) is 4. The van der Waals surface area contributed by atoms with Crippen molar-refractivity contribution in [3.05, 3.63) is 45.6 Å². The summed E-state index contributed by atoms with van der Waals surface area (Å²) in [7, 11) is 0. The van der Waals surface area contributed by atoms with Gasteiger partial charge in [0.15, 0.2) is 0 Å². The molecule has 3 rings (SSSR count). The molecule has 1 atom stereocenters. The van der Waals surface area contributed by atoms with Crippen LogP contribution < -0.4 is 5.43 Å². The number of nitrogens with zero attached hydrogens (tertiary/aromatic N) is 1. The zero-order valence-electron chi connectivity index (χ0n) is 14.3. The molecule has 1 heterocycles. The highest BCUT2D eigenvalue weighted by molar-refractivity contribution is 9.10. The van der Waals surface area contributed by atoms with Crippen LogP contribution in [0.5, 0.6) is 0 Å².